The van der Waals surface area contributed by atoms with Gasteiger partial charge in [0.2, 0.25) is 0 Å². The van der Waals surface area contributed by atoms with Gasteiger partial charge >= 0.3 is 11.9 Å². The first-order valence-corrected chi connectivity index (χ1v) is 15.0. The van der Waals surface area contributed by atoms with Crippen LogP contribution in [0.5, 0.6) is 17.2 Å². The van der Waals surface area contributed by atoms with Gasteiger partial charge in [0.05, 0.1) is 52.9 Å². The Bertz CT molecular complexity index is 1310. The molecular formula is C32H39NO13. The van der Waals surface area contributed by atoms with Crippen molar-refractivity contribution in [3.63, 3.8) is 0 Å². The van der Waals surface area contributed by atoms with E-state index in [0.717, 1.165) is 30.7 Å². The fourth-order valence-electron chi connectivity index (χ4n) is 4.24. The summed E-state index contributed by atoms with van der Waals surface area (Å²) in [5.74, 6) is -0.237. The van der Waals surface area contributed by atoms with Crippen molar-refractivity contribution in [2.24, 2.45) is 0 Å². The highest BCUT2D eigenvalue weighted by atomic mass is 16.6. The maximum absolute atomic E-state index is 11.4. The molecule has 0 amide bonds. The predicted molar refractivity (Wildman–Crippen MR) is 160 cm³/mol. The van der Waals surface area contributed by atoms with Crippen LogP contribution in [-0.4, -0.2) is 106 Å². The number of carbonyl (C=O) groups is 2. The number of aromatic nitrogens is 1. The van der Waals surface area contributed by atoms with Gasteiger partial charge in [-0.05, 0) is 30.2 Å². The van der Waals surface area contributed by atoms with Gasteiger partial charge in [-0.1, -0.05) is 12.1 Å². The van der Waals surface area contributed by atoms with E-state index in [9.17, 15) is 19.8 Å². The maximum Gasteiger partial charge on any atom is 0.354 e. The van der Waals surface area contributed by atoms with Gasteiger partial charge in [-0.15, -0.1) is 0 Å². The second-order valence-electron chi connectivity index (χ2n) is 9.83. The fraction of sp³-hybridized carbons (Fsp3) is 0.469. The van der Waals surface area contributed by atoms with Crippen molar-refractivity contribution >= 4 is 11.9 Å². The number of hydrogen-bond donors (Lipinski definition) is 2. The van der Waals surface area contributed by atoms with Gasteiger partial charge < -0.3 is 52.8 Å². The number of ether oxygens (including phenoxy) is 9. The zero-order valence-corrected chi connectivity index (χ0v) is 25.5. The van der Waals surface area contributed by atoms with Crippen LogP contribution in [0.15, 0.2) is 54.0 Å². The fourth-order valence-corrected chi connectivity index (χ4v) is 4.24. The first kappa shape index (κ1) is 34.5. The second-order valence-corrected chi connectivity index (χ2v) is 9.83. The monoisotopic (exact) mass is 645 g/mol. The molecule has 0 unspecified atom stereocenters. The Hall–Kier alpha value is -4.37. The van der Waals surface area contributed by atoms with E-state index in [1.165, 1.54) is 0 Å². The molecule has 4 rings (SSSR count). The highest BCUT2D eigenvalue weighted by Gasteiger charge is 2.15. The Morgan fingerprint density at radius 1 is 0.674 bits per heavy atom. The molecule has 250 valence electrons. The Labute approximate surface area is 266 Å². The summed E-state index contributed by atoms with van der Waals surface area (Å²) in [7, 11) is 0. The number of pyridine rings is 1. The van der Waals surface area contributed by atoms with E-state index in [1.807, 2.05) is 6.08 Å². The summed E-state index contributed by atoms with van der Waals surface area (Å²) >= 11 is 0. The van der Waals surface area contributed by atoms with Crippen LogP contribution in [0, 0.1) is 0 Å². The molecule has 1 aromatic carbocycles. The van der Waals surface area contributed by atoms with Crippen molar-refractivity contribution in [2.75, 3.05) is 79.3 Å². The molecule has 0 saturated heterocycles. The lowest BCUT2D eigenvalue weighted by atomic mass is 10.1. The highest BCUT2D eigenvalue weighted by molar-refractivity contribution is 5.90. The van der Waals surface area contributed by atoms with Gasteiger partial charge in [0.25, 0.3) is 0 Å². The largest absolute Gasteiger partial charge is 0.492 e. The minimum Gasteiger partial charge on any atom is -0.492 e. The summed E-state index contributed by atoms with van der Waals surface area (Å²) in [5.41, 5.74) is -0.209. The number of allylic oxidation sites excluding steroid dienone is 3. The van der Waals surface area contributed by atoms with E-state index in [0.29, 0.717) is 88.9 Å². The van der Waals surface area contributed by atoms with Gasteiger partial charge in [0, 0.05) is 18.6 Å². The molecule has 2 N–H and O–H groups in total. The number of aromatic carboxylic acids is 2. The van der Waals surface area contributed by atoms with Crippen LogP contribution in [0.3, 0.4) is 0 Å². The molecule has 0 radical (unpaired) electrons. The summed E-state index contributed by atoms with van der Waals surface area (Å²) in [6.07, 6.45) is 5.65. The van der Waals surface area contributed by atoms with E-state index in [2.05, 4.69) is 11.1 Å². The van der Waals surface area contributed by atoms with E-state index in [4.69, 9.17) is 42.6 Å². The SMILES string of the molecule is O=C(O)c1cc(OCc2ccc3c(c2)OCCOCCOCCOC2=C(CCC=C2)OCCOCCOCCO3)cc(C(=O)O)n1. The van der Waals surface area contributed by atoms with E-state index in [-0.39, 0.29) is 25.6 Å². The van der Waals surface area contributed by atoms with Gasteiger partial charge in [-0.3, -0.25) is 0 Å². The molecule has 14 heteroatoms. The number of nitrogens with zero attached hydrogens (tertiary/aromatic N) is 1. The van der Waals surface area contributed by atoms with Crippen LogP contribution in [0.25, 0.3) is 0 Å². The molecule has 46 heavy (non-hydrogen) atoms. The quantitative estimate of drug-likeness (QED) is 0.484. The van der Waals surface area contributed by atoms with Crippen LogP contribution in [0.4, 0.5) is 0 Å². The minimum absolute atomic E-state index is 0.000635. The molecule has 0 spiro atoms. The van der Waals surface area contributed by atoms with Crippen LogP contribution in [0.1, 0.15) is 39.4 Å². The normalized spacial score (nSPS) is 17.8. The van der Waals surface area contributed by atoms with Crippen LogP contribution >= 0.6 is 0 Å². The lowest BCUT2D eigenvalue weighted by Crippen LogP contribution is -2.15. The summed E-state index contributed by atoms with van der Waals surface area (Å²) in [6.45, 7) is 4.30. The average molecular weight is 646 g/mol. The van der Waals surface area contributed by atoms with Crippen LogP contribution < -0.4 is 14.2 Å². The predicted octanol–water partition coefficient (Wildman–Crippen LogP) is 3.49. The molecule has 0 atom stereocenters. The number of carboxylic acids is 2. The zero-order chi connectivity index (χ0) is 32.4. The molecule has 1 aliphatic heterocycles. The molecule has 1 aliphatic carbocycles. The molecular weight excluding hydrogens is 606 g/mol. The zero-order valence-electron chi connectivity index (χ0n) is 25.5. The molecule has 0 fully saturated rings. The Kier molecular flexibility index (Phi) is 14.4. The van der Waals surface area contributed by atoms with Crippen molar-refractivity contribution < 1.29 is 62.4 Å². The molecule has 0 saturated carbocycles. The van der Waals surface area contributed by atoms with Gasteiger partial charge in [-0.25, -0.2) is 14.6 Å². The van der Waals surface area contributed by atoms with E-state index < -0.39 is 23.3 Å². The topological polar surface area (TPSA) is 171 Å². The third-order valence-corrected chi connectivity index (χ3v) is 6.44. The number of carboxylic acid groups (broad SMARTS) is 2. The van der Waals surface area contributed by atoms with Gasteiger partial charge in [0.1, 0.15) is 44.5 Å². The summed E-state index contributed by atoms with van der Waals surface area (Å²) in [5, 5.41) is 18.5. The van der Waals surface area contributed by atoms with E-state index >= 15 is 0 Å². The molecule has 2 heterocycles. The molecule has 14 nitrogen and oxygen atoms in total. The number of benzene rings is 1. The third-order valence-electron chi connectivity index (χ3n) is 6.44. The first-order chi connectivity index (χ1) is 22.5. The van der Waals surface area contributed by atoms with Crippen molar-refractivity contribution in [2.45, 2.75) is 19.4 Å². The Morgan fingerprint density at radius 3 is 1.83 bits per heavy atom. The maximum atomic E-state index is 11.4. The molecule has 2 aliphatic rings. The average Bonchev–Trinajstić information content (AvgIpc) is 3.06. The number of rotatable bonds is 5. The van der Waals surface area contributed by atoms with Crippen LogP contribution in [0.2, 0.25) is 0 Å². The van der Waals surface area contributed by atoms with Crippen molar-refractivity contribution in [1.29, 1.82) is 0 Å². The van der Waals surface area contributed by atoms with Crippen molar-refractivity contribution in [1.82, 2.24) is 4.98 Å². The van der Waals surface area contributed by atoms with E-state index in [1.54, 1.807) is 18.2 Å². The molecule has 2 aromatic rings. The third kappa shape index (κ3) is 11.9. The van der Waals surface area contributed by atoms with Crippen LogP contribution in [-0.2, 0) is 35.0 Å². The Balaban J connectivity index is 1.32. The standard InChI is InChI=1S/C32H39NO13/c34-31(35)25-20-24(21-26(33-25)32(36)37)46-22-23-5-6-29-30(19-23)45-18-14-41-10-9-39-12-16-43-28-4-2-1-3-27(28)42-15-11-38-7-8-40-13-17-44-29/h2,4-6,19-21H,1,3,7-18,22H2,(H,34,35)(H,36,37). The summed E-state index contributed by atoms with van der Waals surface area (Å²) < 4.78 is 51.8. The van der Waals surface area contributed by atoms with Crippen molar-refractivity contribution in [3.8, 4) is 17.2 Å². The lowest BCUT2D eigenvalue weighted by molar-refractivity contribution is 0.0106. The highest BCUT2D eigenvalue weighted by Crippen LogP contribution is 2.29. The first-order valence-electron chi connectivity index (χ1n) is 15.0. The number of fused-ring (bicyclic) bond motifs is 1. The smallest absolute Gasteiger partial charge is 0.354 e. The van der Waals surface area contributed by atoms with Gasteiger partial charge in [-0.2, -0.15) is 0 Å². The van der Waals surface area contributed by atoms with Crippen molar-refractivity contribution in [3.05, 3.63) is 71.0 Å². The summed E-state index contributed by atoms with van der Waals surface area (Å²) in [6, 6.07) is 7.52. The minimum atomic E-state index is -1.37. The second kappa shape index (κ2) is 19.2. The van der Waals surface area contributed by atoms with Gasteiger partial charge in [0.15, 0.2) is 28.6 Å². The lowest BCUT2D eigenvalue weighted by Gasteiger charge is -2.18. The Morgan fingerprint density at radius 2 is 1.22 bits per heavy atom. The number of hydrogen-bond acceptors (Lipinski definition) is 12. The molecule has 1 aromatic heterocycles. The molecule has 0 bridgehead atoms. The summed E-state index contributed by atoms with van der Waals surface area (Å²) in [4.78, 5) is 26.3.